The molecule has 1 atom stereocenters. The van der Waals surface area contributed by atoms with Gasteiger partial charge in [0.25, 0.3) is 0 Å². The van der Waals surface area contributed by atoms with E-state index in [1.807, 2.05) is 41.5 Å². The van der Waals surface area contributed by atoms with Crippen molar-refractivity contribution in [1.82, 2.24) is 0 Å². The quantitative estimate of drug-likeness (QED) is 0.265. The second-order valence-corrected chi connectivity index (χ2v) is 13.4. The molecule has 0 aliphatic carbocycles. The summed E-state index contributed by atoms with van der Waals surface area (Å²) in [6, 6.07) is 14.1. The molecule has 0 bridgehead atoms. The minimum atomic E-state index is -0.463. The summed E-state index contributed by atoms with van der Waals surface area (Å²) >= 11 is 6.16. The van der Waals surface area contributed by atoms with Gasteiger partial charge in [0.2, 0.25) is 5.90 Å². The third-order valence-corrected chi connectivity index (χ3v) is 7.42. The molecule has 1 heterocycles. The van der Waals surface area contributed by atoms with Gasteiger partial charge >= 0.3 is 16.5 Å². The van der Waals surface area contributed by atoms with Crippen molar-refractivity contribution < 1.29 is 31.4 Å². The van der Waals surface area contributed by atoms with E-state index in [1.54, 1.807) is 6.07 Å². The van der Waals surface area contributed by atoms with E-state index in [9.17, 15) is 10.2 Å². The third-order valence-electron chi connectivity index (χ3n) is 7.13. The van der Waals surface area contributed by atoms with Crippen molar-refractivity contribution in [3.05, 3.63) is 80.9 Å². The Morgan fingerprint density at radius 1 is 0.762 bits per heavy atom. The van der Waals surface area contributed by atoms with Crippen LogP contribution in [0.2, 0.25) is 5.02 Å². The van der Waals surface area contributed by atoms with E-state index >= 15 is 0 Å². The van der Waals surface area contributed by atoms with E-state index in [2.05, 4.69) is 71.0 Å². The summed E-state index contributed by atoms with van der Waals surface area (Å²) in [6.45, 7) is 21.7. The van der Waals surface area contributed by atoms with E-state index in [0.717, 1.165) is 34.6 Å². The second kappa shape index (κ2) is 13.7. The van der Waals surface area contributed by atoms with Crippen molar-refractivity contribution in [2.45, 2.75) is 99.5 Å². The summed E-state index contributed by atoms with van der Waals surface area (Å²) in [6.07, 6.45) is 0.897. The van der Waals surface area contributed by atoms with Crippen molar-refractivity contribution in [3.63, 3.8) is 0 Å². The first-order chi connectivity index (χ1) is 18.9. The summed E-state index contributed by atoms with van der Waals surface area (Å²) in [5, 5.41) is 24.6. The fraction of sp³-hybridized carbons (Fsp3) is 0.429. The molecule has 0 saturated carbocycles. The van der Waals surface area contributed by atoms with Gasteiger partial charge < -0.3 is 14.9 Å². The first kappa shape index (κ1) is 35.4. The molecule has 1 aliphatic rings. The van der Waals surface area contributed by atoms with Gasteiger partial charge in [-0.2, -0.15) is 0 Å². The first-order valence-electron chi connectivity index (χ1n) is 14.1. The minimum absolute atomic E-state index is 0. The van der Waals surface area contributed by atoms with Crippen LogP contribution >= 0.6 is 11.6 Å². The summed E-state index contributed by atoms with van der Waals surface area (Å²) < 4.78 is 5.96. The molecule has 5 nitrogen and oxygen atoms in total. The van der Waals surface area contributed by atoms with Crippen LogP contribution in [0.25, 0.3) is 0 Å². The van der Waals surface area contributed by atoms with Crippen molar-refractivity contribution in [2.75, 3.05) is 0 Å². The van der Waals surface area contributed by atoms with E-state index in [0.29, 0.717) is 22.0 Å². The molecule has 0 spiro atoms. The molecule has 1 unspecified atom stereocenters. The van der Waals surface area contributed by atoms with Gasteiger partial charge in [-0.05, 0) is 84.9 Å². The number of hydrogen-bond acceptors (Lipinski definition) is 5. The van der Waals surface area contributed by atoms with Crippen LogP contribution in [0.1, 0.15) is 88.3 Å². The maximum Gasteiger partial charge on any atom is 2.00 e. The van der Waals surface area contributed by atoms with Crippen molar-refractivity contribution in [1.29, 1.82) is 0 Å². The average molecular weight is 634 g/mol. The van der Waals surface area contributed by atoms with Crippen LogP contribution in [-0.4, -0.2) is 17.7 Å². The Hall–Kier alpha value is -2.82. The molecule has 0 radical (unpaired) electrons. The van der Waals surface area contributed by atoms with Gasteiger partial charge in [0.15, 0.2) is 0 Å². The van der Waals surface area contributed by atoms with Crippen LogP contribution in [0.4, 0.5) is 11.4 Å². The molecule has 3 aromatic rings. The molecule has 4 rings (SSSR count). The van der Waals surface area contributed by atoms with Crippen LogP contribution in [-0.2, 0) is 32.1 Å². The normalized spacial score (nSPS) is 17.0. The zero-order valence-electron chi connectivity index (χ0n) is 26.6. The third kappa shape index (κ3) is 8.17. The largest absolute Gasteiger partial charge is 2.00 e. The molecule has 1 fully saturated rings. The topological polar surface area (TPSA) is 80.1 Å². The zero-order valence-corrected chi connectivity index (χ0v) is 28.4. The van der Waals surface area contributed by atoms with Gasteiger partial charge in [-0.3, -0.25) is 0 Å². The standard InChI is InChI=1S/C21H24N2O.C14H21ClO2.Ni/c1-13-8-6-9-14(2)19(13)22-18-12-17(5)24-21(18)23-20-15(3)10-7-11-16(20)4;1-13(2,3)8-7-9(15)10(14(4,5)6)12(17)11(8)16;/h6-11,17H,12H2,1-5H3;7,16-17H,1-6H3;/q;;+2/p-2. The van der Waals surface area contributed by atoms with Crippen LogP contribution < -0.4 is 10.2 Å². The molecule has 1 aliphatic heterocycles. The Labute approximate surface area is 267 Å². The van der Waals surface area contributed by atoms with E-state index in [-0.39, 0.29) is 28.0 Å². The Balaban J connectivity index is 0.000000305. The number of para-hydroxylation sites is 2. The van der Waals surface area contributed by atoms with E-state index in [1.165, 1.54) is 11.1 Å². The van der Waals surface area contributed by atoms with Gasteiger partial charge in [-0.25, -0.2) is 9.98 Å². The Morgan fingerprint density at radius 3 is 1.64 bits per heavy atom. The predicted molar refractivity (Wildman–Crippen MR) is 169 cm³/mol. The molecule has 228 valence electrons. The van der Waals surface area contributed by atoms with E-state index < -0.39 is 16.9 Å². The fourth-order valence-corrected chi connectivity index (χ4v) is 5.39. The summed E-state index contributed by atoms with van der Waals surface area (Å²) in [5.74, 6) is -0.232. The Bertz CT molecular complexity index is 1390. The number of hydrogen-bond donors (Lipinski definition) is 0. The summed E-state index contributed by atoms with van der Waals surface area (Å²) in [7, 11) is 0. The van der Waals surface area contributed by atoms with Crippen LogP contribution in [0, 0.1) is 27.7 Å². The second-order valence-electron chi connectivity index (χ2n) is 13.0. The smallest absolute Gasteiger partial charge is 0.873 e. The number of halogens is 1. The number of aliphatic imine (C=N–C) groups is 2. The van der Waals surface area contributed by atoms with E-state index in [4.69, 9.17) is 26.3 Å². The molecule has 0 aromatic heterocycles. The van der Waals surface area contributed by atoms with Gasteiger partial charge in [0.1, 0.15) is 11.8 Å². The maximum absolute atomic E-state index is 12.1. The molecule has 1 saturated heterocycles. The predicted octanol–water partition coefficient (Wildman–Crippen LogP) is 8.61. The van der Waals surface area contributed by atoms with Gasteiger partial charge in [0, 0.05) is 11.4 Å². The number of ether oxygens (including phenoxy) is 1. The molecule has 0 amide bonds. The molecular weight excluding hydrogens is 591 g/mol. The Morgan fingerprint density at radius 2 is 1.21 bits per heavy atom. The SMILES string of the molecule is CC(C)(C)c1cc(Cl)c(C(C)(C)C)c([O-])c1[O-].Cc1cccc(C)c1N=C1CC(C)OC1=Nc1c(C)cccc1C.[Ni+2]. The Kier molecular flexibility index (Phi) is 11.5. The molecule has 42 heavy (non-hydrogen) atoms. The average Bonchev–Trinajstić information content (AvgIpc) is 3.18. The maximum atomic E-state index is 12.1. The van der Waals surface area contributed by atoms with Crippen molar-refractivity contribution in [3.8, 4) is 11.5 Å². The van der Waals surface area contributed by atoms with Crippen molar-refractivity contribution in [2.24, 2.45) is 9.98 Å². The summed E-state index contributed by atoms with van der Waals surface area (Å²) in [4.78, 5) is 9.71. The number of rotatable bonds is 2. The van der Waals surface area contributed by atoms with Crippen LogP contribution in [0.5, 0.6) is 11.5 Å². The van der Waals surface area contributed by atoms with Crippen LogP contribution in [0.15, 0.2) is 52.4 Å². The molecule has 3 aromatic carbocycles. The number of nitrogens with zero attached hydrogens (tertiary/aromatic N) is 2. The van der Waals surface area contributed by atoms with Crippen molar-refractivity contribution >= 4 is 34.6 Å². The number of benzene rings is 3. The monoisotopic (exact) mass is 632 g/mol. The first-order valence-corrected chi connectivity index (χ1v) is 14.5. The zero-order chi connectivity index (χ0) is 30.9. The summed E-state index contributed by atoms with van der Waals surface area (Å²) in [5.41, 5.74) is 7.71. The van der Waals surface area contributed by atoms with Crippen LogP contribution in [0.3, 0.4) is 0 Å². The molecular formula is C35H43ClN2NiO3. The molecule has 0 N–H and O–H groups in total. The molecule has 7 heteroatoms. The fourth-order valence-electron chi connectivity index (χ4n) is 4.91. The number of aryl methyl sites for hydroxylation is 4. The van der Waals surface area contributed by atoms with Gasteiger partial charge in [0.05, 0.1) is 11.4 Å². The minimum Gasteiger partial charge on any atom is -0.873 e. The van der Waals surface area contributed by atoms with Gasteiger partial charge in [-0.15, -0.1) is 11.5 Å². The van der Waals surface area contributed by atoms with Gasteiger partial charge in [-0.1, -0.05) is 89.5 Å².